The van der Waals surface area contributed by atoms with Crippen LogP contribution >= 0.6 is 0 Å². The predicted octanol–water partition coefficient (Wildman–Crippen LogP) is 2.85. The lowest BCUT2D eigenvalue weighted by molar-refractivity contribution is -0.118. The molecule has 0 aromatic heterocycles. The summed E-state index contributed by atoms with van der Waals surface area (Å²) in [5.74, 6) is -0.680. The first kappa shape index (κ1) is 13.1. The average Bonchev–Trinajstić information content (AvgIpc) is 2.41. The van der Waals surface area contributed by atoms with E-state index in [9.17, 15) is 9.18 Å². The van der Waals surface area contributed by atoms with Crippen LogP contribution in [0.1, 0.15) is 18.0 Å². The second-order valence-corrected chi connectivity index (χ2v) is 4.28. The Balaban J connectivity index is 2.19. The van der Waals surface area contributed by atoms with Crippen LogP contribution in [0.4, 0.5) is 10.1 Å². The molecule has 0 fully saturated rings. The number of benzene rings is 2. The van der Waals surface area contributed by atoms with Crippen LogP contribution in [0.5, 0.6) is 0 Å². The molecule has 2 aromatic carbocycles. The molecule has 0 unspecified atom stereocenters. The van der Waals surface area contributed by atoms with Crippen LogP contribution in [-0.2, 0) is 4.79 Å². The zero-order chi connectivity index (χ0) is 13.7. The Morgan fingerprint density at radius 2 is 1.74 bits per heavy atom. The maximum atomic E-state index is 12.9. The van der Waals surface area contributed by atoms with Crippen molar-refractivity contribution in [2.24, 2.45) is 5.73 Å². The fourth-order valence-corrected chi connectivity index (χ4v) is 1.89. The molecule has 0 aliphatic heterocycles. The average molecular weight is 258 g/mol. The highest BCUT2D eigenvalue weighted by Gasteiger charge is 2.13. The van der Waals surface area contributed by atoms with Crippen molar-refractivity contribution in [2.75, 3.05) is 5.32 Å². The van der Waals surface area contributed by atoms with Gasteiger partial charge in [-0.25, -0.2) is 4.39 Å². The number of nitrogens with two attached hydrogens (primary N) is 1. The quantitative estimate of drug-likeness (QED) is 0.866. The Morgan fingerprint density at radius 3 is 2.32 bits per heavy atom. The summed E-state index contributed by atoms with van der Waals surface area (Å²) < 4.78 is 12.9. The number of carbonyl (C=O) groups excluding carboxylic acids is 1. The lowest BCUT2D eigenvalue weighted by atomic mass is 10.0. The lowest BCUT2D eigenvalue weighted by Gasteiger charge is -2.19. The number of rotatable bonds is 5. The van der Waals surface area contributed by atoms with E-state index in [-0.39, 0.29) is 24.2 Å². The van der Waals surface area contributed by atoms with Gasteiger partial charge in [-0.15, -0.1) is 0 Å². The molecule has 0 saturated heterocycles. The number of amides is 1. The van der Waals surface area contributed by atoms with Crippen LogP contribution < -0.4 is 11.1 Å². The number of anilines is 1. The van der Waals surface area contributed by atoms with E-state index in [0.717, 1.165) is 11.3 Å². The molecule has 4 heteroatoms. The van der Waals surface area contributed by atoms with Gasteiger partial charge >= 0.3 is 0 Å². The van der Waals surface area contributed by atoms with Gasteiger partial charge in [0, 0.05) is 5.69 Å². The number of hydrogen-bond donors (Lipinski definition) is 2. The third kappa shape index (κ3) is 3.81. The fourth-order valence-electron chi connectivity index (χ4n) is 1.89. The van der Waals surface area contributed by atoms with E-state index in [2.05, 4.69) is 5.32 Å². The molecule has 1 amide bonds. The molecular weight excluding hydrogens is 243 g/mol. The fraction of sp³-hybridized carbons (Fsp3) is 0.133. The summed E-state index contributed by atoms with van der Waals surface area (Å²) in [6.45, 7) is 0. The molecule has 2 rings (SSSR count). The minimum Gasteiger partial charge on any atom is -0.378 e. The highest BCUT2D eigenvalue weighted by atomic mass is 19.1. The molecule has 0 aliphatic rings. The first-order chi connectivity index (χ1) is 9.15. The van der Waals surface area contributed by atoms with Crippen molar-refractivity contribution in [1.82, 2.24) is 0 Å². The molecule has 3 nitrogen and oxygen atoms in total. The van der Waals surface area contributed by atoms with Gasteiger partial charge in [-0.2, -0.15) is 0 Å². The van der Waals surface area contributed by atoms with E-state index in [1.54, 1.807) is 12.1 Å². The van der Waals surface area contributed by atoms with Crippen molar-refractivity contribution < 1.29 is 9.18 Å². The minimum atomic E-state index is -0.386. The van der Waals surface area contributed by atoms with Crippen molar-refractivity contribution in [1.29, 1.82) is 0 Å². The van der Waals surface area contributed by atoms with E-state index < -0.39 is 0 Å². The van der Waals surface area contributed by atoms with Gasteiger partial charge < -0.3 is 11.1 Å². The zero-order valence-corrected chi connectivity index (χ0v) is 10.3. The summed E-state index contributed by atoms with van der Waals surface area (Å²) in [5.41, 5.74) is 6.98. The Kier molecular flexibility index (Phi) is 4.13. The highest BCUT2D eigenvalue weighted by Crippen LogP contribution is 2.22. The molecule has 0 bridgehead atoms. The minimum absolute atomic E-state index is 0.182. The Bertz CT molecular complexity index is 540. The van der Waals surface area contributed by atoms with Crippen molar-refractivity contribution in [2.45, 2.75) is 12.5 Å². The monoisotopic (exact) mass is 258 g/mol. The standard InChI is InChI=1S/C15H15FN2O/c16-12-6-8-13(9-7-12)18-14(10-15(17)19)11-4-2-1-3-5-11/h1-9,14,18H,10H2,(H2,17,19)/t14-/m1/s1. The van der Waals surface area contributed by atoms with Crippen LogP contribution in [0, 0.1) is 5.82 Å². The zero-order valence-electron chi connectivity index (χ0n) is 10.3. The smallest absolute Gasteiger partial charge is 0.219 e. The second-order valence-electron chi connectivity index (χ2n) is 4.28. The summed E-state index contributed by atoms with van der Waals surface area (Å²) in [6.07, 6.45) is 0.182. The van der Waals surface area contributed by atoms with Crippen LogP contribution in [0.15, 0.2) is 54.6 Å². The van der Waals surface area contributed by atoms with Crippen LogP contribution in [-0.4, -0.2) is 5.91 Å². The molecule has 0 heterocycles. The number of halogens is 1. The van der Waals surface area contributed by atoms with Crippen molar-refractivity contribution in [3.8, 4) is 0 Å². The van der Waals surface area contributed by atoms with Gasteiger partial charge in [-0.05, 0) is 29.8 Å². The van der Waals surface area contributed by atoms with Gasteiger partial charge in [0.2, 0.25) is 5.91 Å². The predicted molar refractivity (Wildman–Crippen MR) is 73.0 cm³/mol. The first-order valence-electron chi connectivity index (χ1n) is 6.00. The van der Waals surface area contributed by atoms with Crippen LogP contribution in [0.3, 0.4) is 0 Å². The number of hydrogen-bond acceptors (Lipinski definition) is 2. The summed E-state index contributed by atoms with van der Waals surface area (Å²) in [5, 5.41) is 3.19. The van der Waals surface area contributed by atoms with Gasteiger partial charge in [-0.3, -0.25) is 4.79 Å². The molecule has 1 atom stereocenters. The SMILES string of the molecule is NC(=O)C[C@@H](Nc1ccc(F)cc1)c1ccccc1. The number of carbonyl (C=O) groups is 1. The summed E-state index contributed by atoms with van der Waals surface area (Å²) in [4.78, 5) is 11.1. The van der Waals surface area contributed by atoms with Gasteiger partial charge in [0.1, 0.15) is 5.82 Å². The van der Waals surface area contributed by atoms with Crippen LogP contribution in [0.2, 0.25) is 0 Å². The molecule has 0 aliphatic carbocycles. The van der Waals surface area contributed by atoms with Gasteiger partial charge in [-0.1, -0.05) is 30.3 Å². The summed E-state index contributed by atoms with van der Waals surface area (Å²) in [6, 6.07) is 15.3. The van der Waals surface area contributed by atoms with Crippen molar-refractivity contribution >= 4 is 11.6 Å². The van der Waals surface area contributed by atoms with Gasteiger partial charge in [0.15, 0.2) is 0 Å². The van der Waals surface area contributed by atoms with Crippen molar-refractivity contribution in [3.63, 3.8) is 0 Å². The molecule has 0 radical (unpaired) electrons. The highest BCUT2D eigenvalue weighted by molar-refractivity contribution is 5.75. The second kappa shape index (κ2) is 6.00. The maximum absolute atomic E-state index is 12.9. The largest absolute Gasteiger partial charge is 0.378 e. The molecule has 0 spiro atoms. The third-order valence-electron chi connectivity index (χ3n) is 2.79. The van der Waals surface area contributed by atoms with Gasteiger partial charge in [0.05, 0.1) is 12.5 Å². The van der Waals surface area contributed by atoms with Crippen molar-refractivity contribution in [3.05, 3.63) is 66.0 Å². The van der Waals surface area contributed by atoms with E-state index in [4.69, 9.17) is 5.73 Å². The van der Waals surface area contributed by atoms with Crippen LogP contribution in [0.25, 0.3) is 0 Å². The summed E-state index contributed by atoms with van der Waals surface area (Å²) >= 11 is 0. The molecule has 2 aromatic rings. The number of primary amides is 1. The molecule has 3 N–H and O–H groups in total. The molecule has 0 saturated carbocycles. The van der Waals surface area contributed by atoms with E-state index in [1.165, 1.54) is 12.1 Å². The molecular formula is C15H15FN2O. The van der Waals surface area contributed by atoms with E-state index in [1.807, 2.05) is 30.3 Å². The summed E-state index contributed by atoms with van der Waals surface area (Å²) in [7, 11) is 0. The van der Waals surface area contributed by atoms with E-state index >= 15 is 0 Å². The van der Waals surface area contributed by atoms with E-state index in [0.29, 0.717) is 0 Å². The lowest BCUT2D eigenvalue weighted by Crippen LogP contribution is -2.20. The maximum Gasteiger partial charge on any atom is 0.219 e. The Labute approximate surface area is 111 Å². The molecule has 19 heavy (non-hydrogen) atoms. The topological polar surface area (TPSA) is 55.1 Å². The number of nitrogens with one attached hydrogen (secondary N) is 1. The normalized spacial score (nSPS) is 11.8. The first-order valence-corrected chi connectivity index (χ1v) is 6.00. The third-order valence-corrected chi connectivity index (χ3v) is 2.79. The Morgan fingerprint density at radius 1 is 1.11 bits per heavy atom. The molecule has 98 valence electrons. The van der Waals surface area contributed by atoms with Gasteiger partial charge in [0.25, 0.3) is 0 Å². The Hall–Kier alpha value is -2.36.